The molecule has 0 aromatic heterocycles. The van der Waals surface area contributed by atoms with Crippen molar-refractivity contribution in [1.82, 2.24) is 4.90 Å². The van der Waals surface area contributed by atoms with Gasteiger partial charge in [0.25, 0.3) is 0 Å². The molecule has 1 aliphatic heterocycles. The molecule has 2 N–H and O–H groups in total. The molecule has 1 rings (SSSR count). The van der Waals surface area contributed by atoms with E-state index < -0.39 is 0 Å². The van der Waals surface area contributed by atoms with E-state index in [0.29, 0.717) is 6.42 Å². The van der Waals surface area contributed by atoms with Crippen molar-refractivity contribution in [3.05, 3.63) is 0 Å². The number of nitrogens with two attached hydrogens (primary N) is 1. The van der Waals surface area contributed by atoms with Crippen LogP contribution in [0.15, 0.2) is 0 Å². The second-order valence-corrected chi connectivity index (χ2v) is 5.09. The smallest absolute Gasteiger partial charge is 0.222 e. The maximum absolute atomic E-state index is 12.1. The van der Waals surface area contributed by atoms with Gasteiger partial charge in [-0.25, -0.2) is 0 Å². The summed E-state index contributed by atoms with van der Waals surface area (Å²) in [5.41, 5.74) is 5.96. The van der Waals surface area contributed by atoms with Crippen LogP contribution < -0.4 is 5.73 Å². The van der Waals surface area contributed by atoms with Crippen LogP contribution in [0.2, 0.25) is 0 Å². The summed E-state index contributed by atoms with van der Waals surface area (Å²) in [7, 11) is 1.68. The normalized spacial score (nSPS) is 24.5. The number of piperidine rings is 1. The summed E-state index contributed by atoms with van der Waals surface area (Å²) in [5, 5.41) is 0. The van der Waals surface area contributed by atoms with E-state index in [1.54, 1.807) is 7.11 Å². The molecule has 4 nitrogen and oxygen atoms in total. The minimum atomic E-state index is 0.0686. The Bertz CT molecular complexity index is 244. The number of hydrogen-bond donors (Lipinski definition) is 1. The highest BCUT2D eigenvalue weighted by atomic mass is 16.5. The van der Waals surface area contributed by atoms with E-state index in [2.05, 4.69) is 0 Å². The first-order valence-corrected chi connectivity index (χ1v) is 6.64. The SMILES string of the molecule is COC(C)CCC(=O)N1CCCCC1C(C)N. The van der Waals surface area contributed by atoms with Crippen LogP contribution >= 0.6 is 0 Å². The van der Waals surface area contributed by atoms with Crippen molar-refractivity contribution in [2.75, 3.05) is 13.7 Å². The predicted octanol–water partition coefficient (Wildman–Crippen LogP) is 1.53. The van der Waals surface area contributed by atoms with E-state index in [1.165, 1.54) is 6.42 Å². The van der Waals surface area contributed by atoms with Crippen LogP contribution in [0.1, 0.15) is 46.0 Å². The highest BCUT2D eigenvalue weighted by Crippen LogP contribution is 2.20. The largest absolute Gasteiger partial charge is 0.382 e. The fourth-order valence-electron chi connectivity index (χ4n) is 2.40. The van der Waals surface area contributed by atoms with Gasteiger partial charge in [0.1, 0.15) is 0 Å². The van der Waals surface area contributed by atoms with Crippen LogP contribution in [0.25, 0.3) is 0 Å². The van der Waals surface area contributed by atoms with Crippen molar-refractivity contribution in [3.63, 3.8) is 0 Å². The van der Waals surface area contributed by atoms with Gasteiger partial charge in [-0.1, -0.05) is 0 Å². The number of carbonyl (C=O) groups excluding carboxylic acids is 1. The minimum Gasteiger partial charge on any atom is -0.382 e. The molecular weight excluding hydrogens is 216 g/mol. The van der Waals surface area contributed by atoms with Crippen LogP contribution in [0.5, 0.6) is 0 Å². The number of amides is 1. The zero-order valence-corrected chi connectivity index (χ0v) is 11.3. The fraction of sp³-hybridized carbons (Fsp3) is 0.923. The molecular formula is C13H26N2O2. The van der Waals surface area contributed by atoms with E-state index >= 15 is 0 Å². The second-order valence-electron chi connectivity index (χ2n) is 5.09. The first-order chi connectivity index (χ1) is 8.06. The first kappa shape index (κ1) is 14.5. The molecule has 0 saturated carbocycles. The highest BCUT2D eigenvalue weighted by Gasteiger charge is 2.28. The summed E-state index contributed by atoms with van der Waals surface area (Å²) in [6, 6.07) is 0.299. The number of likely N-dealkylation sites (tertiary alicyclic amines) is 1. The maximum atomic E-state index is 12.1. The lowest BCUT2D eigenvalue weighted by Gasteiger charge is -2.38. The number of nitrogens with zero attached hydrogens (tertiary/aromatic N) is 1. The average Bonchev–Trinajstić information content (AvgIpc) is 2.35. The summed E-state index contributed by atoms with van der Waals surface area (Å²) >= 11 is 0. The molecule has 0 aromatic carbocycles. The van der Waals surface area contributed by atoms with Crippen molar-refractivity contribution in [3.8, 4) is 0 Å². The molecule has 0 spiro atoms. The molecule has 1 amide bonds. The molecule has 1 fully saturated rings. The van der Waals surface area contributed by atoms with E-state index in [9.17, 15) is 4.79 Å². The van der Waals surface area contributed by atoms with Gasteiger partial charge >= 0.3 is 0 Å². The summed E-state index contributed by atoms with van der Waals surface area (Å²) in [6.45, 7) is 4.85. The summed E-state index contributed by atoms with van der Waals surface area (Å²) < 4.78 is 5.17. The van der Waals surface area contributed by atoms with Gasteiger partial charge in [0, 0.05) is 32.2 Å². The molecule has 0 aliphatic carbocycles. The van der Waals surface area contributed by atoms with Crippen LogP contribution in [-0.2, 0) is 9.53 Å². The average molecular weight is 242 g/mol. The van der Waals surface area contributed by atoms with Crippen molar-refractivity contribution in [2.45, 2.75) is 64.1 Å². The van der Waals surface area contributed by atoms with Gasteiger partial charge in [-0.2, -0.15) is 0 Å². The topological polar surface area (TPSA) is 55.6 Å². The standard InChI is InChI=1S/C13H26N2O2/c1-10(17-3)7-8-13(16)15-9-5-4-6-12(15)11(2)14/h10-12H,4-9,14H2,1-3H3. The minimum absolute atomic E-state index is 0.0686. The van der Waals surface area contributed by atoms with Crippen LogP contribution in [0.3, 0.4) is 0 Å². The lowest BCUT2D eigenvalue weighted by molar-refractivity contribution is -0.136. The molecule has 17 heavy (non-hydrogen) atoms. The molecule has 0 aromatic rings. The molecule has 0 radical (unpaired) electrons. The maximum Gasteiger partial charge on any atom is 0.222 e. The fourth-order valence-corrected chi connectivity index (χ4v) is 2.40. The Morgan fingerprint density at radius 2 is 2.18 bits per heavy atom. The van der Waals surface area contributed by atoms with Gasteiger partial charge in [-0.05, 0) is 39.5 Å². The van der Waals surface area contributed by atoms with Gasteiger partial charge in [0.05, 0.1) is 6.10 Å². The molecule has 1 aliphatic rings. The Kier molecular flexibility index (Phi) is 5.92. The zero-order chi connectivity index (χ0) is 12.8. The van der Waals surface area contributed by atoms with E-state index in [4.69, 9.17) is 10.5 Å². The van der Waals surface area contributed by atoms with E-state index in [1.807, 2.05) is 18.7 Å². The van der Waals surface area contributed by atoms with Crippen molar-refractivity contribution < 1.29 is 9.53 Å². The van der Waals surface area contributed by atoms with E-state index in [-0.39, 0.29) is 24.1 Å². The zero-order valence-electron chi connectivity index (χ0n) is 11.3. The Hall–Kier alpha value is -0.610. The Morgan fingerprint density at radius 1 is 1.47 bits per heavy atom. The van der Waals surface area contributed by atoms with Crippen LogP contribution in [0.4, 0.5) is 0 Å². The lowest BCUT2D eigenvalue weighted by atomic mass is 9.96. The van der Waals surface area contributed by atoms with Crippen molar-refractivity contribution in [2.24, 2.45) is 5.73 Å². The third kappa shape index (κ3) is 4.28. The molecule has 1 saturated heterocycles. The highest BCUT2D eigenvalue weighted by molar-refractivity contribution is 5.76. The van der Waals surface area contributed by atoms with Gasteiger partial charge in [0.15, 0.2) is 0 Å². The van der Waals surface area contributed by atoms with Gasteiger partial charge in [-0.3, -0.25) is 4.79 Å². The molecule has 3 unspecified atom stereocenters. The van der Waals surface area contributed by atoms with Crippen molar-refractivity contribution in [1.29, 1.82) is 0 Å². The molecule has 100 valence electrons. The molecule has 3 atom stereocenters. The number of rotatable bonds is 5. The third-order valence-corrected chi connectivity index (χ3v) is 3.64. The van der Waals surface area contributed by atoms with E-state index in [0.717, 1.165) is 25.8 Å². The number of ether oxygens (including phenoxy) is 1. The Labute approximate surface area is 104 Å². The quantitative estimate of drug-likeness (QED) is 0.795. The lowest BCUT2D eigenvalue weighted by Crippen LogP contribution is -2.51. The van der Waals surface area contributed by atoms with Gasteiger partial charge in [-0.15, -0.1) is 0 Å². The monoisotopic (exact) mass is 242 g/mol. The van der Waals surface area contributed by atoms with Gasteiger partial charge in [0.2, 0.25) is 5.91 Å². The van der Waals surface area contributed by atoms with Gasteiger partial charge < -0.3 is 15.4 Å². The van der Waals surface area contributed by atoms with Crippen molar-refractivity contribution >= 4 is 5.91 Å². The molecule has 1 heterocycles. The Morgan fingerprint density at radius 3 is 2.76 bits per heavy atom. The molecule has 0 bridgehead atoms. The summed E-state index contributed by atoms with van der Waals surface area (Å²) in [6.07, 6.45) is 4.84. The van der Waals surface area contributed by atoms with Crippen LogP contribution in [-0.4, -0.2) is 42.6 Å². The summed E-state index contributed by atoms with van der Waals surface area (Å²) in [5.74, 6) is 0.232. The third-order valence-electron chi connectivity index (χ3n) is 3.64. The van der Waals surface area contributed by atoms with Crippen LogP contribution in [0, 0.1) is 0 Å². The predicted molar refractivity (Wildman–Crippen MR) is 68.7 cm³/mol. The second kappa shape index (κ2) is 6.97. The Balaban J connectivity index is 2.47. The number of carbonyl (C=O) groups is 1. The molecule has 4 heteroatoms. The number of methoxy groups -OCH3 is 1. The number of hydrogen-bond acceptors (Lipinski definition) is 3. The first-order valence-electron chi connectivity index (χ1n) is 6.64. The summed E-state index contributed by atoms with van der Waals surface area (Å²) in [4.78, 5) is 14.1.